The highest BCUT2D eigenvalue weighted by Crippen LogP contribution is 2.45. The van der Waals surface area contributed by atoms with Crippen LogP contribution in [-0.4, -0.2) is 32.0 Å². The van der Waals surface area contributed by atoms with Crippen LogP contribution in [0.3, 0.4) is 0 Å². The highest BCUT2D eigenvalue weighted by atomic mass is 15.0. The Kier molecular flexibility index (Phi) is 16.3. The first-order chi connectivity index (χ1) is 63.0. The lowest BCUT2D eigenvalue weighted by atomic mass is 9.97. The number of hydrogen-bond donors (Lipinski definition) is 0. The van der Waals surface area contributed by atoms with E-state index in [0.717, 1.165) is 67.6 Å². The number of aromatic nitrogens is 7. The molecule has 27 aromatic rings. The van der Waals surface area contributed by atoms with Crippen molar-refractivity contribution < 1.29 is 0 Å². The summed E-state index contributed by atoms with van der Waals surface area (Å²) in [5, 5.41) is 17.5. The van der Waals surface area contributed by atoms with Gasteiger partial charge in [-0.05, 0) is 208 Å². The van der Waals surface area contributed by atoms with E-state index in [1.54, 1.807) is 0 Å². The van der Waals surface area contributed by atoms with Crippen LogP contribution in [-0.2, 0) is 0 Å². The summed E-state index contributed by atoms with van der Waals surface area (Å²) >= 11 is 0. The van der Waals surface area contributed by atoms with Gasteiger partial charge < -0.3 is 32.0 Å². The van der Waals surface area contributed by atoms with E-state index in [0.29, 0.717) is 0 Å². The van der Waals surface area contributed by atoms with Gasteiger partial charge in [-0.25, -0.2) is 0 Å². The van der Waals surface area contributed by atoms with Crippen molar-refractivity contribution in [3.05, 3.63) is 467 Å². The Hall–Kier alpha value is -17.0. The summed E-state index contributed by atoms with van der Waals surface area (Å²) in [5.74, 6) is 0. The molecule has 0 N–H and O–H groups in total. The second-order valence-electron chi connectivity index (χ2n) is 33.5. The van der Waals surface area contributed by atoms with Gasteiger partial charge in [0.25, 0.3) is 0 Å². The predicted molar refractivity (Wildman–Crippen MR) is 535 cm³/mol. The predicted octanol–water partition coefficient (Wildman–Crippen LogP) is 31.7. The Morgan fingerprint density at radius 3 is 0.386 bits per heavy atom. The summed E-state index contributed by atoms with van der Waals surface area (Å²) in [5.41, 5.74) is 33.7. The zero-order valence-corrected chi connectivity index (χ0v) is 69.1. The molecule has 20 aromatic carbocycles. The number of benzene rings is 20. The molecule has 0 bridgehead atoms. The van der Waals surface area contributed by atoms with Gasteiger partial charge in [0.1, 0.15) is 0 Å². The SMILES string of the molecule is c1cc(-c2cc(-n3c4ccccc4c4ccccc43)cc(-n3c4ccccc4c4ccccc43)c2)cc(-c2cc(-n3c4ccccc4c4ccccc43)cc(-n3c4ccccc4c4ccccc43)c2)c1.c1cc(-c2cccc(-n3c4ccccc4c4ccccc43)c2)cc(-c2cc(-n3c4ccccc4c4ccccc43)cc(-n3c4ccccc4c4ccccc43)c2)c1. The Morgan fingerprint density at radius 1 is 0.0866 bits per heavy atom. The standard InChI is InChI=1S/C66H42N4.C54H35N3/c1-9-28-59-51(20-1)52-21-2-10-29-60(52)67(59)47-37-45(38-48(41-47)68-61-30-11-3-22-53(61)54-23-4-12-31-62(54)68)43-18-17-19-44(36-43)46-39-49(69-63-32-13-5-24-55(63)56-25-6-14-33-64(56)69)42-50(40-46)70-65-34-15-7-26-57(65)58-27-8-16-35-66(58)70;1-7-25-49-43(19-1)44-20-2-8-26-50(44)55(49)40-18-14-17-38(32-40)36-15-13-16-37(31-36)39-33-41(56-51-27-9-3-21-45(51)46-22-4-10-28-52(46)56)35-42(34-39)57-53-29-11-5-23-47(53)48-24-6-12-30-54(48)57/h1-42H;1-35H. The van der Waals surface area contributed by atoms with Crippen LogP contribution in [0.15, 0.2) is 467 Å². The highest BCUT2D eigenvalue weighted by Gasteiger charge is 2.24. The minimum atomic E-state index is 1.11. The first-order valence-corrected chi connectivity index (χ1v) is 43.7. The third-order valence-corrected chi connectivity index (χ3v) is 26.5. The first-order valence-electron chi connectivity index (χ1n) is 43.7. The molecule has 0 amide bonds. The smallest absolute Gasteiger partial charge is 0.0541 e. The molecule has 0 aliphatic carbocycles. The number of para-hydroxylation sites is 14. The van der Waals surface area contributed by atoms with Crippen LogP contribution in [0.5, 0.6) is 0 Å². The maximum Gasteiger partial charge on any atom is 0.0541 e. The lowest BCUT2D eigenvalue weighted by Gasteiger charge is -2.17. The summed E-state index contributed by atoms with van der Waals surface area (Å²) in [6, 6.07) is 171. The topological polar surface area (TPSA) is 34.5 Å². The van der Waals surface area contributed by atoms with E-state index in [1.807, 2.05) is 0 Å². The molecule has 7 heteroatoms. The van der Waals surface area contributed by atoms with Crippen molar-refractivity contribution in [3.63, 3.8) is 0 Å². The number of nitrogens with zero attached hydrogens (tertiary/aromatic N) is 7. The molecular formula is C120H77N7. The maximum absolute atomic E-state index is 2.45. The molecule has 127 heavy (non-hydrogen) atoms. The van der Waals surface area contributed by atoms with Crippen molar-refractivity contribution in [3.8, 4) is 84.3 Å². The van der Waals surface area contributed by atoms with E-state index in [2.05, 4.69) is 499 Å². The van der Waals surface area contributed by atoms with Crippen LogP contribution in [0.4, 0.5) is 0 Å². The zero-order valence-electron chi connectivity index (χ0n) is 69.1. The van der Waals surface area contributed by atoms with Gasteiger partial charge in [-0.1, -0.05) is 303 Å². The number of fused-ring (bicyclic) bond motifs is 21. The largest absolute Gasteiger partial charge is 0.309 e. The van der Waals surface area contributed by atoms with Crippen molar-refractivity contribution in [2.45, 2.75) is 0 Å². The molecule has 0 aliphatic heterocycles. The third kappa shape index (κ3) is 11.4. The fourth-order valence-corrected chi connectivity index (χ4v) is 21.0. The van der Waals surface area contributed by atoms with Gasteiger partial charge in [0.15, 0.2) is 0 Å². The average Bonchev–Trinajstić information content (AvgIpc) is 1.59. The van der Waals surface area contributed by atoms with Gasteiger partial charge in [0.2, 0.25) is 0 Å². The summed E-state index contributed by atoms with van der Waals surface area (Å²) < 4.78 is 17.1. The molecular weight excluding hydrogens is 1540 g/mol. The zero-order chi connectivity index (χ0) is 83.3. The quantitative estimate of drug-likeness (QED) is 0.124. The molecule has 0 unspecified atom stereocenters. The molecule has 7 aromatic heterocycles. The average molecular weight is 1620 g/mol. The van der Waals surface area contributed by atoms with Crippen LogP contribution in [0.1, 0.15) is 0 Å². The summed E-state index contributed by atoms with van der Waals surface area (Å²) in [6.07, 6.45) is 0. The van der Waals surface area contributed by atoms with Gasteiger partial charge in [0.05, 0.1) is 77.2 Å². The molecule has 7 nitrogen and oxygen atoms in total. The molecule has 592 valence electrons. The van der Waals surface area contributed by atoms with Crippen LogP contribution in [0, 0.1) is 0 Å². The van der Waals surface area contributed by atoms with Crippen molar-refractivity contribution in [1.29, 1.82) is 0 Å². The monoisotopic (exact) mass is 1620 g/mol. The van der Waals surface area contributed by atoms with Crippen molar-refractivity contribution in [2.75, 3.05) is 0 Å². The molecule has 0 saturated carbocycles. The van der Waals surface area contributed by atoms with Gasteiger partial charge >= 0.3 is 0 Å². The molecule has 0 aliphatic rings. The molecule has 27 rings (SSSR count). The van der Waals surface area contributed by atoms with Crippen LogP contribution in [0.25, 0.3) is 237 Å². The molecule has 0 spiro atoms. The third-order valence-electron chi connectivity index (χ3n) is 26.5. The molecule has 0 saturated heterocycles. The summed E-state index contributed by atoms with van der Waals surface area (Å²) in [4.78, 5) is 0. The first kappa shape index (κ1) is 71.7. The Balaban J connectivity index is 0.000000138. The molecule has 7 heterocycles. The second-order valence-corrected chi connectivity index (χ2v) is 33.5. The van der Waals surface area contributed by atoms with E-state index in [9.17, 15) is 0 Å². The normalized spacial score (nSPS) is 11.9. The van der Waals surface area contributed by atoms with Crippen molar-refractivity contribution in [2.24, 2.45) is 0 Å². The molecule has 0 radical (unpaired) electrons. The number of hydrogen-bond acceptors (Lipinski definition) is 0. The highest BCUT2D eigenvalue weighted by molar-refractivity contribution is 6.16. The lowest BCUT2D eigenvalue weighted by Crippen LogP contribution is -2.00. The van der Waals surface area contributed by atoms with Gasteiger partial charge in [-0.3, -0.25) is 0 Å². The minimum absolute atomic E-state index is 1.11. The van der Waals surface area contributed by atoms with Gasteiger partial charge in [-0.15, -0.1) is 0 Å². The van der Waals surface area contributed by atoms with Crippen LogP contribution in [0.2, 0.25) is 0 Å². The fraction of sp³-hybridized carbons (Fsp3) is 0. The van der Waals surface area contributed by atoms with E-state index in [-0.39, 0.29) is 0 Å². The van der Waals surface area contributed by atoms with Gasteiger partial charge in [-0.2, -0.15) is 0 Å². The molecule has 0 fully saturated rings. The minimum Gasteiger partial charge on any atom is -0.309 e. The van der Waals surface area contributed by atoms with E-state index in [1.165, 1.54) is 169 Å². The Labute approximate surface area is 731 Å². The van der Waals surface area contributed by atoms with Crippen LogP contribution < -0.4 is 0 Å². The Morgan fingerprint density at radius 2 is 0.213 bits per heavy atom. The van der Waals surface area contributed by atoms with E-state index < -0.39 is 0 Å². The lowest BCUT2D eigenvalue weighted by molar-refractivity contribution is 1.13. The van der Waals surface area contributed by atoms with Gasteiger partial charge in [0, 0.05) is 115 Å². The maximum atomic E-state index is 2.45. The van der Waals surface area contributed by atoms with E-state index in [4.69, 9.17) is 0 Å². The van der Waals surface area contributed by atoms with Crippen molar-refractivity contribution in [1.82, 2.24) is 32.0 Å². The van der Waals surface area contributed by atoms with Crippen LogP contribution >= 0.6 is 0 Å². The summed E-state index contributed by atoms with van der Waals surface area (Å²) in [7, 11) is 0. The van der Waals surface area contributed by atoms with E-state index >= 15 is 0 Å². The fourth-order valence-electron chi connectivity index (χ4n) is 21.0. The number of rotatable bonds is 11. The Bertz CT molecular complexity index is 8140. The second kappa shape index (κ2) is 28.8. The molecule has 0 atom stereocenters. The van der Waals surface area contributed by atoms with Crippen molar-refractivity contribution >= 4 is 153 Å². The summed E-state index contributed by atoms with van der Waals surface area (Å²) in [6.45, 7) is 0.